The lowest BCUT2D eigenvalue weighted by Crippen LogP contribution is -2.13. The van der Waals surface area contributed by atoms with Crippen molar-refractivity contribution in [3.05, 3.63) is 95.1 Å². The molecular weight excluding hydrogens is 438 g/mol. The second-order valence-electron chi connectivity index (χ2n) is 12.5. The average molecular weight is 486 g/mol. The molecular formula is C33H47N3. The maximum Gasteiger partial charge on any atom is 0.0991 e. The van der Waals surface area contributed by atoms with E-state index in [9.17, 15) is 0 Å². The highest BCUT2D eigenvalue weighted by molar-refractivity contribution is 5.48. The average Bonchev–Trinajstić information content (AvgIpc) is 2.78. The summed E-state index contributed by atoms with van der Waals surface area (Å²) in [6.07, 6.45) is 0. The van der Waals surface area contributed by atoms with Gasteiger partial charge in [0.1, 0.15) is 0 Å². The van der Waals surface area contributed by atoms with E-state index in [1.807, 2.05) is 36.4 Å². The smallest absolute Gasteiger partial charge is 0.0991 e. The minimum atomic E-state index is 0.132. The van der Waals surface area contributed by atoms with Gasteiger partial charge in [0.2, 0.25) is 0 Å². The highest BCUT2D eigenvalue weighted by Crippen LogP contribution is 2.26. The van der Waals surface area contributed by atoms with Crippen LogP contribution in [-0.2, 0) is 16.2 Å². The Morgan fingerprint density at radius 3 is 1.42 bits per heavy atom. The van der Waals surface area contributed by atoms with E-state index >= 15 is 0 Å². The van der Waals surface area contributed by atoms with Crippen LogP contribution in [0.3, 0.4) is 0 Å². The van der Waals surface area contributed by atoms with E-state index in [1.165, 1.54) is 22.4 Å². The Hall–Kier alpha value is -3.25. The topological polar surface area (TPSA) is 53.1 Å². The number of hydrogen-bond acceptors (Lipinski definition) is 3. The number of nitrogens with zero attached hydrogens (tertiary/aromatic N) is 2. The van der Waals surface area contributed by atoms with Crippen molar-refractivity contribution in [2.75, 3.05) is 24.7 Å². The van der Waals surface area contributed by atoms with Crippen molar-refractivity contribution in [1.29, 1.82) is 5.26 Å². The minimum Gasteiger partial charge on any atom is -0.399 e. The van der Waals surface area contributed by atoms with E-state index < -0.39 is 0 Å². The zero-order valence-corrected chi connectivity index (χ0v) is 24.4. The van der Waals surface area contributed by atoms with Gasteiger partial charge in [-0.05, 0) is 69.3 Å². The Morgan fingerprint density at radius 2 is 1.03 bits per heavy atom. The molecule has 194 valence electrons. The van der Waals surface area contributed by atoms with Crippen LogP contribution in [0.15, 0.2) is 72.8 Å². The first-order valence-corrected chi connectivity index (χ1v) is 12.6. The number of benzene rings is 3. The van der Waals surface area contributed by atoms with E-state index in [0.29, 0.717) is 0 Å². The zero-order chi connectivity index (χ0) is 27.7. The van der Waals surface area contributed by atoms with Gasteiger partial charge in [0.15, 0.2) is 0 Å². The summed E-state index contributed by atoms with van der Waals surface area (Å²) in [5, 5.41) is 8.68. The molecule has 0 aliphatic rings. The van der Waals surface area contributed by atoms with Crippen LogP contribution < -0.4 is 10.6 Å². The minimum absolute atomic E-state index is 0.132. The number of nitrogens with two attached hydrogens (primary N) is 1. The lowest BCUT2D eigenvalue weighted by molar-refractivity contribution is 0.590. The SMILES string of the molecule is CC(C)(C)c1cccc(C#N)c1.CC(C)(C)c1cccc(N)c1.CN(C)c1cccc(C(C)(C)C)c1. The molecule has 0 bridgehead atoms. The maximum absolute atomic E-state index is 8.68. The molecule has 3 nitrogen and oxygen atoms in total. The number of anilines is 2. The second kappa shape index (κ2) is 12.6. The number of rotatable bonds is 1. The molecule has 0 fully saturated rings. The van der Waals surface area contributed by atoms with Crippen molar-refractivity contribution in [3.63, 3.8) is 0 Å². The molecule has 0 aliphatic carbocycles. The monoisotopic (exact) mass is 485 g/mol. The Morgan fingerprint density at radius 1 is 0.611 bits per heavy atom. The van der Waals surface area contributed by atoms with Gasteiger partial charge in [0.25, 0.3) is 0 Å². The second-order valence-corrected chi connectivity index (χ2v) is 12.5. The first-order valence-electron chi connectivity index (χ1n) is 12.6. The quantitative estimate of drug-likeness (QED) is 0.352. The zero-order valence-electron chi connectivity index (χ0n) is 24.4. The van der Waals surface area contributed by atoms with Gasteiger partial charge in [-0.25, -0.2) is 0 Å². The molecule has 0 amide bonds. The van der Waals surface area contributed by atoms with Crippen molar-refractivity contribution in [2.24, 2.45) is 0 Å². The summed E-state index contributed by atoms with van der Waals surface area (Å²) in [6.45, 7) is 19.7. The van der Waals surface area contributed by atoms with Crippen LogP contribution in [0.2, 0.25) is 0 Å². The molecule has 0 atom stereocenters. The molecule has 0 spiro atoms. The first kappa shape index (κ1) is 30.8. The molecule has 3 aromatic carbocycles. The largest absolute Gasteiger partial charge is 0.399 e. The van der Waals surface area contributed by atoms with E-state index in [4.69, 9.17) is 11.0 Å². The molecule has 0 saturated carbocycles. The van der Waals surface area contributed by atoms with Crippen molar-refractivity contribution in [2.45, 2.75) is 78.6 Å². The number of hydrogen-bond donors (Lipinski definition) is 1. The molecule has 0 saturated heterocycles. The first-order chi connectivity index (χ1) is 16.4. The van der Waals surface area contributed by atoms with Gasteiger partial charge < -0.3 is 10.6 Å². The van der Waals surface area contributed by atoms with Gasteiger partial charge in [-0.15, -0.1) is 0 Å². The van der Waals surface area contributed by atoms with Crippen LogP contribution in [0.4, 0.5) is 11.4 Å². The highest BCUT2D eigenvalue weighted by atomic mass is 15.1. The van der Waals surface area contributed by atoms with Crippen LogP contribution in [0, 0.1) is 11.3 Å². The summed E-state index contributed by atoms with van der Waals surface area (Å²) < 4.78 is 0. The summed E-state index contributed by atoms with van der Waals surface area (Å²) in [5.41, 5.74) is 13.0. The van der Waals surface area contributed by atoms with E-state index in [0.717, 1.165) is 11.3 Å². The predicted molar refractivity (Wildman–Crippen MR) is 159 cm³/mol. The van der Waals surface area contributed by atoms with Crippen LogP contribution in [0.5, 0.6) is 0 Å². The van der Waals surface area contributed by atoms with Gasteiger partial charge in [-0.1, -0.05) is 98.7 Å². The molecule has 0 unspecified atom stereocenters. The predicted octanol–water partition coefficient (Wildman–Crippen LogP) is 8.47. The summed E-state index contributed by atoms with van der Waals surface area (Å²) in [6, 6.07) is 26.6. The molecule has 0 heterocycles. The summed E-state index contributed by atoms with van der Waals surface area (Å²) in [4.78, 5) is 2.13. The van der Waals surface area contributed by atoms with Crippen molar-refractivity contribution in [1.82, 2.24) is 0 Å². The molecule has 3 rings (SSSR count). The molecule has 36 heavy (non-hydrogen) atoms. The lowest BCUT2D eigenvalue weighted by atomic mass is 9.86. The fraction of sp³-hybridized carbons (Fsp3) is 0.424. The lowest BCUT2D eigenvalue weighted by Gasteiger charge is -2.21. The van der Waals surface area contributed by atoms with Crippen LogP contribution in [0.25, 0.3) is 0 Å². The molecule has 0 aliphatic heterocycles. The van der Waals surface area contributed by atoms with Crippen LogP contribution in [0.1, 0.15) is 84.6 Å². The normalized spacial score (nSPS) is 11.3. The summed E-state index contributed by atoms with van der Waals surface area (Å²) in [5.74, 6) is 0. The molecule has 2 N–H and O–H groups in total. The van der Waals surface area contributed by atoms with E-state index in [2.05, 4.69) is 124 Å². The third-order valence-electron chi connectivity index (χ3n) is 5.84. The molecule has 0 aromatic heterocycles. The van der Waals surface area contributed by atoms with Gasteiger partial charge >= 0.3 is 0 Å². The summed E-state index contributed by atoms with van der Waals surface area (Å²) in [7, 11) is 4.14. The summed E-state index contributed by atoms with van der Waals surface area (Å²) >= 11 is 0. The van der Waals surface area contributed by atoms with Crippen LogP contribution in [-0.4, -0.2) is 14.1 Å². The number of nitrogen functional groups attached to an aromatic ring is 1. The highest BCUT2D eigenvalue weighted by Gasteiger charge is 2.14. The van der Waals surface area contributed by atoms with Crippen LogP contribution >= 0.6 is 0 Å². The Labute approximate surface area is 221 Å². The third-order valence-corrected chi connectivity index (χ3v) is 5.84. The van der Waals surface area contributed by atoms with E-state index in [-0.39, 0.29) is 16.2 Å². The molecule has 0 radical (unpaired) electrons. The third kappa shape index (κ3) is 10.6. The van der Waals surface area contributed by atoms with Gasteiger partial charge in [0.05, 0.1) is 11.6 Å². The fourth-order valence-electron chi connectivity index (χ4n) is 3.31. The van der Waals surface area contributed by atoms with Gasteiger partial charge in [-0.3, -0.25) is 0 Å². The Balaban J connectivity index is 0.000000271. The maximum atomic E-state index is 8.68. The van der Waals surface area contributed by atoms with Crippen molar-refractivity contribution < 1.29 is 0 Å². The van der Waals surface area contributed by atoms with Gasteiger partial charge in [0, 0.05) is 25.5 Å². The Bertz CT molecular complexity index is 1130. The Kier molecular flexibility index (Phi) is 10.8. The number of nitriles is 1. The van der Waals surface area contributed by atoms with Crippen molar-refractivity contribution >= 4 is 11.4 Å². The van der Waals surface area contributed by atoms with E-state index in [1.54, 1.807) is 0 Å². The van der Waals surface area contributed by atoms with Crippen molar-refractivity contribution in [3.8, 4) is 6.07 Å². The molecule has 3 aromatic rings. The van der Waals surface area contributed by atoms with Gasteiger partial charge in [-0.2, -0.15) is 5.26 Å². The molecule has 3 heteroatoms. The standard InChI is InChI=1S/C12H19N.C11H13N.C10H15N/c1-12(2,3)10-7-6-8-11(9-10)13(4)5;1-11(2,3)10-6-4-5-9(7-10)8-12;1-10(2,3)8-5-4-6-9(11)7-8/h6-9H,1-5H3;4-7H,1-3H3;4-7H,11H2,1-3H3. The fourth-order valence-corrected chi connectivity index (χ4v) is 3.31.